The minimum Gasteiger partial charge on any atom is -0.313 e. The van der Waals surface area contributed by atoms with Gasteiger partial charge < -0.3 is 5.32 Å². The summed E-state index contributed by atoms with van der Waals surface area (Å²) >= 11 is 7.41. The van der Waals surface area contributed by atoms with E-state index in [1.54, 1.807) is 24.2 Å². The van der Waals surface area contributed by atoms with Crippen LogP contribution in [0.1, 0.15) is 19.3 Å². The molecule has 0 spiro atoms. The summed E-state index contributed by atoms with van der Waals surface area (Å²) in [5, 5.41) is 4.90. The topological polar surface area (TPSA) is 37.8 Å². The van der Waals surface area contributed by atoms with E-state index < -0.39 is 0 Å². The van der Waals surface area contributed by atoms with E-state index in [2.05, 4.69) is 15.3 Å². The molecule has 1 saturated heterocycles. The first-order valence-electron chi connectivity index (χ1n) is 5.18. The maximum Gasteiger partial charge on any atom is 0.187 e. The van der Waals surface area contributed by atoms with Crippen LogP contribution in [0.4, 0.5) is 0 Å². The molecule has 1 aromatic rings. The van der Waals surface area contributed by atoms with Crippen LogP contribution in [0.5, 0.6) is 0 Å². The van der Waals surface area contributed by atoms with E-state index in [0.717, 1.165) is 17.5 Å². The summed E-state index contributed by atoms with van der Waals surface area (Å²) in [5.41, 5.74) is 0. The van der Waals surface area contributed by atoms with E-state index in [0.29, 0.717) is 11.1 Å². The Morgan fingerprint density at radius 2 is 2.12 bits per heavy atom. The molecule has 1 aliphatic rings. The average Bonchev–Trinajstić information content (AvgIpc) is 2.30. The second-order valence-electron chi connectivity index (χ2n) is 3.64. The van der Waals surface area contributed by atoms with Crippen molar-refractivity contribution in [3.05, 3.63) is 17.4 Å². The molecule has 1 N–H and O–H groups in total. The maximum absolute atomic E-state index is 5.71. The fourth-order valence-corrected chi connectivity index (χ4v) is 2.60. The summed E-state index contributed by atoms with van der Waals surface area (Å²) in [6.07, 6.45) is 7.19. The summed E-state index contributed by atoms with van der Waals surface area (Å²) < 4.78 is 0. The zero-order valence-electron chi connectivity index (χ0n) is 8.86. The summed E-state index contributed by atoms with van der Waals surface area (Å²) in [5.74, 6) is 1.04. The van der Waals surface area contributed by atoms with Crippen LogP contribution in [0, 0.1) is 0 Å². The predicted octanol–water partition coefficient (Wildman–Crippen LogP) is 2.79. The van der Waals surface area contributed by atoms with Crippen LogP contribution in [0.3, 0.4) is 0 Å². The fourth-order valence-electron chi connectivity index (χ4n) is 1.62. The highest BCUT2D eigenvalue weighted by Gasteiger charge is 2.12. The van der Waals surface area contributed by atoms with Crippen molar-refractivity contribution in [2.24, 2.45) is 0 Å². The van der Waals surface area contributed by atoms with Crippen molar-refractivity contribution >= 4 is 35.8 Å². The molecule has 0 amide bonds. The van der Waals surface area contributed by atoms with Crippen molar-refractivity contribution in [1.82, 2.24) is 15.3 Å². The largest absolute Gasteiger partial charge is 0.313 e. The first-order chi connectivity index (χ1) is 7.34. The number of aromatic nitrogens is 2. The molecular weight excluding hydrogens is 265 g/mol. The van der Waals surface area contributed by atoms with Crippen LogP contribution in [0.2, 0.25) is 5.02 Å². The van der Waals surface area contributed by atoms with Gasteiger partial charge in [0.1, 0.15) is 0 Å². The van der Waals surface area contributed by atoms with Gasteiger partial charge >= 0.3 is 0 Å². The fraction of sp³-hybridized carbons (Fsp3) is 0.600. The van der Waals surface area contributed by atoms with Crippen molar-refractivity contribution in [1.29, 1.82) is 0 Å². The Morgan fingerprint density at radius 1 is 1.38 bits per heavy atom. The molecule has 6 heteroatoms. The average molecular weight is 280 g/mol. The molecule has 1 aromatic heterocycles. The number of piperidine rings is 1. The van der Waals surface area contributed by atoms with E-state index >= 15 is 0 Å². The highest BCUT2D eigenvalue weighted by atomic mass is 35.5. The molecule has 1 unspecified atom stereocenters. The Kier molecular flexibility index (Phi) is 6.43. The highest BCUT2D eigenvalue weighted by Crippen LogP contribution is 2.18. The standard InChI is InChI=1S/C10H14ClN3S.ClH/c11-8-5-13-10(14-6-8)15-7-9-3-1-2-4-12-9;/h5-6,9,12H,1-4,7H2;1H. The number of halogens is 2. The van der Waals surface area contributed by atoms with Crippen LogP contribution in [0.15, 0.2) is 17.6 Å². The summed E-state index contributed by atoms with van der Waals surface area (Å²) in [7, 11) is 0. The van der Waals surface area contributed by atoms with E-state index in [9.17, 15) is 0 Å². The molecule has 1 fully saturated rings. The summed E-state index contributed by atoms with van der Waals surface area (Å²) in [4.78, 5) is 8.31. The van der Waals surface area contributed by atoms with E-state index in [4.69, 9.17) is 11.6 Å². The minimum atomic E-state index is 0. The van der Waals surface area contributed by atoms with Gasteiger partial charge in [0.2, 0.25) is 0 Å². The van der Waals surface area contributed by atoms with Crippen LogP contribution < -0.4 is 5.32 Å². The van der Waals surface area contributed by atoms with Crippen LogP contribution in [0.25, 0.3) is 0 Å². The lowest BCUT2D eigenvalue weighted by Gasteiger charge is -2.22. The summed E-state index contributed by atoms with van der Waals surface area (Å²) in [6.45, 7) is 1.15. The molecule has 2 rings (SSSR count). The van der Waals surface area contributed by atoms with Gasteiger partial charge in [-0.05, 0) is 19.4 Å². The molecule has 0 radical (unpaired) electrons. The zero-order valence-corrected chi connectivity index (χ0v) is 11.2. The molecule has 0 aromatic carbocycles. The first-order valence-corrected chi connectivity index (χ1v) is 6.55. The lowest BCUT2D eigenvalue weighted by molar-refractivity contribution is 0.429. The third-order valence-electron chi connectivity index (χ3n) is 2.42. The number of thioether (sulfide) groups is 1. The lowest BCUT2D eigenvalue weighted by Crippen LogP contribution is -2.35. The van der Waals surface area contributed by atoms with Gasteiger partial charge in [0.25, 0.3) is 0 Å². The van der Waals surface area contributed by atoms with E-state index in [1.807, 2.05) is 0 Å². The molecule has 0 bridgehead atoms. The van der Waals surface area contributed by atoms with Crippen LogP contribution >= 0.6 is 35.8 Å². The number of nitrogens with zero attached hydrogens (tertiary/aromatic N) is 2. The molecule has 0 aliphatic carbocycles. The first kappa shape index (κ1) is 14.0. The van der Waals surface area contributed by atoms with Crippen LogP contribution in [-0.4, -0.2) is 28.3 Å². The second kappa shape index (κ2) is 7.33. The van der Waals surface area contributed by atoms with E-state index in [-0.39, 0.29) is 12.4 Å². The zero-order chi connectivity index (χ0) is 10.5. The lowest BCUT2D eigenvalue weighted by atomic mass is 10.1. The Labute approximate surface area is 111 Å². The smallest absolute Gasteiger partial charge is 0.187 e. The minimum absolute atomic E-state index is 0. The molecule has 1 aliphatic heterocycles. The Morgan fingerprint density at radius 3 is 2.75 bits per heavy atom. The van der Waals surface area contributed by atoms with Crippen LogP contribution in [-0.2, 0) is 0 Å². The normalized spacial score (nSPS) is 20.2. The Balaban J connectivity index is 0.00000128. The molecule has 90 valence electrons. The third kappa shape index (κ3) is 4.45. The number of hydrogen-bond acceptors (Lipinski definition) is 4. The maximum atomic E-state index is 5.71. The van der Waals surface area contributed by atoms with Gasteiger partial charge in [0.05, 0.1) is 17.4 Å². The van der Waals surface area contributed by atoms with E-state index in [1.165, 1.54) is 19.3 Å². The van der Waals surface area contributed by atoms with Gasteiger partial charge in [0, 0.05) is 11.8 Å². The molecule has 2 heterocycles. The van der Waals surface area contributed by atoms with Gasteiger partial charge in [-0.15, -0.1) is 12.4 Å². The molecule has 16 heavy (non-hydrogen) atoms. The Hall–Kier alpha value is -0.0300. The van der Waals surface area contributed by atoms with Gasteiger partial charge in [-0.1, -0.05) is 29.8 Å². The van der Waals surface area contributed by atoms with Gasteiger partial charge in [-0.2, -0.15) is 0 Å². The number of nitrogens with one attached hydrogen (secondary N) is 1. The molecular formula is C10H15Cl2N3S. The quantitative estimate of drug-likeness (QED) is 0.682. The predicted molar refractivity (Wildman–Crippen MR) is 70.7 cm³/mol. The second-order valence-corrected chi connectivity index (χ2v) is 5.07. The third-order valence-corrected chi connectivity index (χ3v) is 3.66. The van der Waals surface area contributed by atoms with Gasteiger partial charge in [-0.3, -0.25) is 0 Å². The molecule has 3 nitrogen and oxygen atoms in total. The van der Waals surface area contributed by atoms with Crippen molar-refractivity contribution in [3.63, 3.8) is 0 Å². The highest BCUT2D eigenvalue weighted by molar-refractivity contribution is 7.99. The SMILES string of the molecule is Cl.Clc1cnc(SCC2CCCCN2)nc1. The van der Waals surface area contributed by atoms with Gasteiger partial charge in [-0.25, -0.2) is 9.97 Å². The van der Waals surface area contributed by atoms with Crippen molar-refractivity contribution < 1.29 is 0 Å². The number of hydrogen-bond donors (Lipinski definition) is 1. The van der Waals surface area contributed by atoms with Crippen molar-refractivity contribution in [3.8, 4) is 0 Å². The molecule has 0 saturated carbocycles. The molecule has 1 atom stereocenters. The van der Waals surface area contributed by atoms with Crippen molar-refractivity contribution in [2.45, 2.75) is 30.5 Å². The Bertz CT molecular complexity index is 301. The van der Waals surface area contributed by atoms with Crippen molar-refractivity contribution in [2.75, 3.05) is 12.3 Å². The van der Waals surface area contributed by atoms with Gasteiger partial charge in [0.15, 0.2) is 5.16 Å². The number of rotatable bonds is 3. The monoisotopic (exact) mass is 279 g/mol. The summed E-state index contributed by atoms with van der Waals surface area (Å²) in [6, 6.07) is 0.614.